The number of pyridine rings is 1. The van der Waals surface area contributed by atoms with Crippen LogP contribution in [0.2, 0.25) is 0 Å². The average Bonchev–Trinajstić information content (AvgIpc) is 2.70. The Bertz CT molecular complexity index is 858. The lowest BCUT2D eigenvalue weighted by Crippen LogP contribution is -2.42. The number of aromatic nitrogens is 1. The van der Waals surface area contributed by atoms with E-state index < -0.39 is 6.10 Å². The standard InChI is InChI=1S/C21H26N4O4/c1-15(26)24-18-8-20(11-22-9-18)29-14-21(28)23-10-19(27)13-25-7-6-16-4-2-3-5-17(16)12-25/h2-5,8-9,11,19,27H,6-7,10,12-14H2,1H3,(H,23,28)(H,24,26). The SMILES string of the molecule is CC(=O)Nc1cncc(OCC(=O)NCC(O)CN2CCc3ccccc3C2)c1. The van der Waals surface area contributed by atoms with Gasteiger partial charge in [-0.3, -0.25) is 19.5 Å². The quantitative estimate of drug-likeness (QED) is 0.612. The summed E-state index contributed by atoms with van der Waals surface area (Å²) in [6.07, 6.45) is 3.26. The molecule has 3 rings (SSSR count). The van der Waals surface area contributed by atoms with Crippen LogP contribution in [0.4, 0.5) is 5.69 Å². The molecule has 0 aliphatic carbocycles. The maximum atomic E-state index is 12.0. The highest BCUT2D eigenvalue weighted by molar-refractivity contribution is 5.88. The molecule has 0 radical (unpaired) electrons. The lowest BCUT2D eigenvalue weighted by atomic mass is 10.00. The Kier molecular flexibility index (Phi) is 7.15. The van der Waals surface area contributed by atoms with E-state index in [1.165, 1.54) is 30.4 Å². The first-order chi connectivity index (χ1) is 14.0. The number of aliphatic hydroxyl groups is 1. The zero-order valence-corrected chi connectivity index (χ0v) is 16.4. The van der Waals surface area contributed by atoms with E-state index >= 15 is 0 Å². The second-order valence-corrected chi connectivity index (χ2v) is 7.09. The zero-order chi connectivity index (χ0) is 20.6. The Morgan fingerprint density at radius 2 is 2.07 bits per heavy atom. The molecule has 1 unspecified atom stereocenters. The minimum Gasteiger partial charge on any atom is -0.482 e. The number of nitrogens with zero attached hydrogens (tertiary/aromatic N) is 2. The third kappa shape index (κ3) is 6.55. The van der Waals surface area contributed by atoms with E-state index in [0.717, 1.165) is 19.5 Å². The molecule has 1 aliphatic heterocycles. The summed E-state index contributed by atoms with van der Waals surface area (Å²) in [7, 11) is 0. The van der Waals surface area contributed by atoms with E-state index in [-0.39, 0.29) is 25.0 Å². The van der Waals surface area contributed by atoms with Crippen molar-refractivity contribution in [2.45, 2.75) is 26.0 Å². The van der Waals surface area contributed by atoms with Crippen LogP contribution in [-0.4, -0.2) is 59.1 Å². The maximum Gasteiger partial charge on any atom is 0.258 e. The molecule has 8 nitrogen and oxygen atoms in total. The molecule has 1 atom stereocenters. The number of amides is 2. The van der Waals surface area contributed by atoms with Gasteiger partial charge in [0.25, 0.3) is 5.91 Å². The van der Waals surface area contributed by atoms with E-state index in [1.807, 2.05) is 12.1 Å². The summed E-state index contributed by atoms with van der Waals surface area (Å²) >= 11 is 0. The van der Waals surface area contributed by atoms with Gasteiger partial charge in [-0.25, -0.2) is 0 Å². The minimum absolute atomic E-state index is 0.157. The van der Waals surface area contributed by atoms with Gasteiger partial charge in [-0.05, 0) is 17.5 Å². The molecule has 0 saturated heterocycles. The van der Waals surface area contributed by atoms with E-state index in [9.17, 15) is 14.7 Å². The highest BCUT2D eigenvalue weighted by Gasteiger charge is 2.18. The van der Waals surface area contributed by atoms with Crippen molar-refractivity contribution in [3.8, 4) is 5.75 Å². The molecule has 1 aliphatic rings. The minimum atomic E-state index is -0.658. The van der Waals surface area contributed by atoms with Crippen molar-refractivity contribution < 1.29 is 19.4 Å². The molecule has 2 aromatic rings. The molecule has 8 heteroatoms. The van der Waals surface area contributed by atoms with Crippen LogP contribution in [-0.2, 0) is 22.6 Å². The van der Waals surface area contributed by atoms with Crippen LogP contribution in [0.1, 0.15) is 18.1 Å². The fraction of sp³-hybridized carbons (Fsp3) is 0.381. The molecule has 1 aromatic heterocycles. The van der Waals surface area contributed by atoms with Crippen LogP contribution in [0.15, 0.2) is 42.7 Å². The molecule has 0 saturated carbocycles. The number of β-amino-alcohol motifs (C(OH)–C–C–N with tert-alkyl or cyclic N) is 1. The van der Waals surface area contributed by atoms with Crippen molar-refractivity contribution in [1.29, 1.82) is 0 Å². The van der Waals surface area contributed by atoms with Crippen LogP contribution in [0.25, 0.3) is 0 Å². The van der Waals surface area contributed by atoms with Gasteiger partial charge in [-0.1, -0.05) is 24.3 Å². The molecular formula is C21H26N4O4. The zero-order valence-electron chi connectivity index (χ0n) is 16.4. The van der Waals surface area contributed by atoms with Crippen molar-refractivity contribution in [3.63, 3.8) is 0 Å². The topological polar surface area (TPSA) is 104 Å². The van der Waals surface area contributed by atoms with Crippen molar-refractivity contribution in [2.24, 2.45) is 0 Å². The fourth-order valence-electron chi connectivity index (χ4n) is 3.27. The van der Waals surface area contributed by atoms with E-state index in [2.05, 4.69) is 32.7 Å². The number of benzene rings is 1. The number of carbonyl (C=O) groups is 2. The van der Waals surface area contributed by atoms with Crippen molar-refractivity contribution in [1.82, 2.24) is 15.2 Å². The Labute approximate surface area is 169 Å². The van der Waals surface area contributed by atoms with Crippen LogP contribution in [0.5, 0.6) is 5.75 Å². The predicted octanol–water partition coefficient (Wildman–Crippen LogP) is 0.954. The van der Waals surface area contributed by atoms with Crippen molar-refractivity contribution >= 4 is 17.5 Å². The number of aliphatic hydroxyl groups excluding tert-OH is 1. The number of anilines is 1. The van der Waals surface area contributed by atoms with Gasteiger partial charge in [-0.2, -0.15) is 0 Å². The molecule has 0 bridgehead atoms. The largest absolute Gasteiger partial charge is 0.482 e. The molecule has 2 amide bonds. The van der Waals surface area contributed by atoms with Crippen LogP contribution in [0, 0.1) is 0 Å². The van der Waals surface area contributed by atoms with Gasteiger partial charge in [-0.15, -0.1) is 0 Å². The Morgan fingerprint density at radius 1 is 1.28 bits per heavy atom. The number of fused-ring (bicyclic) bond motifs is 1. The lowest BCUT2D eigenvalue weighted by Gasteiger charge is -2.30. The number of nitrogens with one attached hydrogen (secondary N) is 2. The third-order valence-electron chi connectivity index (χ3n) is 4.62. The van der Waals surface area contributed by atoms with E-state index in [0.29, 0.717) is 18.0 Å². The number of hydrogen-bond donors (Lipinski definition) is 3. The maximum absolute atomic E-state index is 12.0. The van der Waals surface area contributed by atoms with Crippen molar-refractivity contribution in [3.05, 3.63) is 53.9 Å². The first-order valence-electron chi connectivity index (χ1n) is 9.59. The molecule has 0 spiro atoms. The van der Waals surface area contributed by atoms with Gasteiger partial charge < -0.3 is 20.5 Å². The lowest BCUT2D eigenvalue weighted by molar-refractivity contribution is -0.123. The molecule has 1 aromatic carbocycles. The fourth-order valence-corrected chi connectivity index (χ4v) is 3.27. The summed E-state index contributed by atoms with van der Waals surface area (Å²) in [4.78, 5) is 29.2. The van der Waals surface area contributed by atoms with Crippen LogP contribution < -0.4 is 15.4 Å². The highest BCUT2D eigenvalue weighted by Crippen LogP contribution is 2.18. The monoisotopic (exact) mass is 398 g/mol. The van der Waals surface area contributed by atoms with E-state index in [4.69, 9.17) is 4.74 Å². The molecule has 0 fully saturated rings. The van der Waals surface area contributed by atoms with Gasteiger partial charge >= 0.3 is 0 Å². The molecular weight excluding hydrogens is 372 g/mol. The normalized spacial score (nSPS) is 14.6. The van der Waals surface area contributed by atoms with Crippen LogP contribution in [0.3, 0.4) is 0 Å². The van der Waals surface area contributed by atoms with Gasteiger partial charge in [0.05, 0.1) is 24.2 Å². The van der Waals surface area contributed by atoms with Crippen LogP contribution >= 0.6 is 0 Å². The van der Waals surface area contributed by atoms with Gasteiger partial charge in [0, 0.05) is 39.2 Å². The number of rotatable bonds is 8. The summed E-state index contributed by atoms with van der Waals surface area (Å²) in [5.41, 5.74) is 3.15. The first-order valence-corrected chi connectivity index (χ1v) is 9.59. The second kappa shape index (κ2) is 9.99. The highest BCUT2D eigenvalue weighted by atomic mass is 16.5. The first kappa shape index (κ1) is 20.8. The molecule has 154 valence electrons. The molecule has 3 N–H and O–H groups in total. The summed E-state index contributed by atoms with van der Waals surface area (Å²) in [5, 5.41) is 15.5. The number of ether oxygens (including phenoxy) is 1. The van der Waals surface area contributed by atoms with Gasteiger partial charge in [0.2, 0.25) is 5.91 Å². The smallest absolute Gasteiger partial charge is 0.258 e. The Morgan fingerprint density at radius 3 is 2.86 bits per heavy atom. The second-order valence-electron chi connectivity index (χ2n) is 7.09. The van der Waals surface area contributed by atoms with Gasteiger partial charge in [0.15, 0.2) is 6.61 Å². The Hall–Kier alpha value is -2.97. The van der Waals surface area contributed by atoms with Gasteiger partial charge in [0.1, 0.15) is 5.75 Å². The number of carbonyl (C=O) groups excluding carboxylic acids is 2. The van der Waals surface area contributed by atoms with E-state index in [1.54, 1.807) is 6.07 Å². The molecule has 29 heavy (non-hydrogen) atoms. The predicted molar refractivity (Wildman–Crippen MR) is 108 cm³/mol. The number of hydrogen-bond acceptors (Lipinski definition) is 6. The third-order valence-corrected chi connectivity index (χ3v) is 4.62. The van der Waals surface area contributed by atoms with Crippen molar-refractivity contribution in [2.75, 3.05) is 31.6 Å². The average molecular weight is 398 g/mol. The summed E-state index contributed by atoms with van der Waals surface area (Å²) in [5.74, 6) is -0.176. The molecule has 2 heterocycles. The Balaban J connectivity index is 1.38. The summed E-state index contributed by atoms with van der Waals surface area (Å²) in [6.45, 7) is 3.55. The summed E-state index contributed by atoms with van der Waals surface area (Å²) in [6, 6.07) is 9.92. The summed E-state index contributed by atoms with van der Waals surface area (Å²) < 4.78 is 5.39.